The fourth-order valence-corrected chi connectivity index (χ4v) is 4.59. The van der Waals surface area contributed by atoms with Crippen LogP contribution in [0.4, 0.5) is 4.39 Å². The second-order valence-electron chi connectivity index (χ2n) is 8.56. The topological polar surface area (TPSA) is 32.7 Å². The van der Waals surface area contributed by atoms with Gasteiger partial charge in [-0.25, -0.2) is 4.39 Å². The second kappa shape index (κ2) is 9.06. The maximum atomic E-state index is 13.2. The standard InChI is InChI=1S/C24H32FNO2/c1-26(2)17-21-14-19(13-18-7-9-22(25)10-8-18)11-12-24(21,27)16-20-5-4-6-23(15-20)28-3/h4-10,15,19,21,27H,11-14,16-17H2,1-3H3. The van der Waals surface area contributed by atoms with Crippen LogP contribution in [-0.2, 0) is 12.8 Å². The first-order chi connectivity index (χ1) is 13.4. The van der Waals surface area contributed by atoms with E-state index in [1.165, 1.54) is 17.7 Å². The van der Waals surface area contributed by atoms with Crippen molar-refractivity contribution < 1.29 is 14.2 Å². The van der Waals surface area contributed by atoms with Crippen molar-refractivity contribution in [2.45, 2.75) is 37.7 Å². The van der Waals surface area contributed by atoms with Gasteiger partial charge >= 0.3 is 0 Å². The molecule has 1 N–H and O–H groups in total. The zero-order valence-electron chi connectivity index (χ0n) is 17.2. The third kappa shape index (κ3) is 5.33. The fraction of sp³-hybridized carbons (Fsp3) is 0.500. The van der Waals surface area contributed by atoms with Gasteiger partial charge in [0.1, 0.15) is 11.6 Å². The van der Waals surface area contributed by atoms with E-state index < -0.39 is 5.60 Å². The van der Waals surface area contributed by atoms with Crippen molar-refractivity contribution in [3.05, 3.63) is 65.5 Å². The Hall–Kier alpha value is -1.91. The first-order valence-corrected chi connectivity index (χ1v) is 10.1. The average Bonchev–Trinajstić information content (AvgIpc) is 2.66. The lowest BCUT2D eigenvalue weighted by atomic mass is 9.67. The smallest absolute Gasteiger partial charge is 0.123 e. The molecule has 1 aliphatic rings. The van der Waals surface area contributed by atoms with Crippen LogP contribution < -0.4 is 4.74 Å². The van der Waals surface area contributed by atoms with Crippen molar-refractivity contribution in [3.63, 3.8) is 0 Å². The first-order valence-electron chi connectivity index (χ1n) is 10.1. The second-order valence-corrected chi connectivity index (χ2v) is 8.56. The van der Waals surface area contributed by atoms with Crippen LogP contribution >= 0.6 is 0 Å². The Morgan fingerprint density at radius 1 is 1.14 bits per heavy atom. The third-order valence-corrected chi connectivity index (χ3v) is 6.03. The Balaban J connectivity index is 1.73. The predicted octanol–water partition coefficient (Wildman–Crippen LogP) is 4.33. The Morgan fingerprint density at radius 3 is 2.57 bits per heavy atom. The zero-order valence-corrected chi connectivity index (χ0v) is 17.2. The van der Waals surface area contributed by atoms with Crippen molar-refractivity contribution in [1.82, 2.24) is 4.90 Å². The van der Waals surface area contributed by atoms with Gasteiger partial charge in [-0.1, -0.05) is 24.3 Å². The predicted molar refractivity (Wildman–Crippen MR) is 111 cm³/mol. The number of hydrogen-bond donors (Lipinski definition) is 1. The van der Waals surface area contributed by atoms with Gasteiger partial charge < -0.3 is 14.7 Å². The van der Waals surface area contributed by atoms with E-state index in [9.17, 15) is 9.50 Å². The number of rotatable bonds is 7. The first kappa shape index (κ1) is 20.8. The van der Waals surface area contributed by atoms with Crippen molar-refractivity contribution >= 4 is 0 Å². The Morgan fingerprint density at radius 2 is 1.89 bits per heavy atom. The van der Waals surface area contributed by atoms with Crippen LogP contribution in [0.15, 0.2) is 48.5 Å². The fourth-order valence-electron chi connectivity index (χ4n) is 4.59. The van der Waals surface area contributed by atoms with Gasteiger partial charge in [0.05, 0.1) is 12.7 Å². The van der Waals surface area contributed by atoms with Crippen molar-refractivity contribution in [3.8, 4) is 5.75 Å². The van der Waals surface area contributed by atoms with Gasteiger partial charge in [-0.05, 0) is 81.1 Å². The number of benzene rings is 2. The Labute approximate surface area is 168 Å². The van der Waals surface area contributed by atoms with Gasteiger partial charge in [0.2, 0.25) is 0 Å². The zero-order chi connectivity index (χ0) is 20.1. The maximum Gasteiger partial charge on any atom is 0.123 e. The summed E-state index contributed by atoms with van der Waals surface area (Å²) >= 11 is 0. The summed E-state index contributed by atoms with van der Waals surface area (Å²) in [5.41, 5.74) is 1.58. The minimum absolute atomic E-state index is 0.189. The molecule has 3 unspecified atom stereocenters. The molecule has 152 valence electrons. The van der Waals surface area contributed by atoms with Crippen LogP contribution in [0.2, 0.25) is 0 Å². The van der Waals surface area contributed by atoms with E-state index >= 15 is 0 Å². The average molecular weight is 386 g/mol. The number of ether oxygens (including phenoxy) is 1. The molecule has 2 aromatic rings. The van der Waals surface area contributed by atoms with Gasteiger partial charge in [0, 0.05) is 18.9 Å². The lowest BCUT2D eigenvalue weighted by molar-refractivity contribution is -0.0686. The monoisotopic (exact) mass is 385 g/mol. The number of hydrogen-bond acceptors (Lipinski definition) is 3. The molecule has 1 fully saturated rings. The normalized spacial score (nSPS) is 25.1. The lowest BCUT2D eigenvalue weighted by Crippen LogP contribution is -2.49. The lowest BCUT2D eigenvalue weighted by Gasteiger charge is -2.44. The summed E-state index contributed by atoms with van der Waals surface area (Å²) in [6, 6.07) is 14.8. The van der Waals surface area contributed by atoms with Gasteiger partial charge in [0.25, 0.3) is 0 Å². The molecule has 3 rings (SSSR count). The van der Waals surface area contributed by atoms with Crippen LogP contribution in [0.1, 0.15) is 30.4 Å². The van der Waals surface area contributed by atoms with Gasteiger partial charge in [-0.3, -0.25) is 0 Å². The molecule has 0 aliphatic heterocycles. The molecule has 1 aliphatic carbocycles. The van der Waals surface area contributed by atoms with E-state index in [-0.39, 0.29) is 11.7 Å². The quantitative estimate of drug-likeness (QED) is 0.770. The van der Waals surface area contributed by atoms with Crippen LogP contribution in [0.25, 0.3) is 0 Å². The van der Waals surface area contributed by atoms with Gasteiger partial charge in [0.15, 0.2) is 0 Å². The van der Waals surface area contributed by atoms with E-state index in [1.54, 1.807) is 7.11 Å². The highest BCUT2D eigenvalue weighted by molar-refractivity contribution is 5.29. The van der Waals surface area contributed by atoms with Crippen LogP contribution in [-0.4, -0.2) is 43.4 Å². The molecule has 4 heteroatoms. The van der Waals surface area contributed by atoms with E-state index in [0.717, 1.165) is 43.5 Å². The molecule has 0 saturated heterocycles. The Bertz CT molecular complexity index is 761. The minimum Gasteiger partial charge on any atom is -0.497 e. The summed E-state index contributed by atoms with van der Waals surface area (Å²) in [4.78, 5) is 2.17. The molecule has 0 spiro atoms. The highest BCUT2D eigenvalue weighted by Crippen LogP contribution is 2.41. The molecular weight excluding hydrogens is 353 g/mol. The van der Waals surface area contributed by atoms with Crippen LogP contribution in [0, 0.1) is 17.7 Å². The summed E-state index contributed by atoms with van der Waals surface area (Å²) in [6.45, 7) is 0.861. The van der Waals surface area contributed by atoms with Crippen molar-refractivity contribution in [2.24, 2.45) is 11.8 Å². The summed E-state index contributed by atoms with van der Waals surface area (Å²) in [5.74, 6) is 1.36. The van der Waals surface area contributed by atoms with Gasteiger partial charge in [-0.2, -0.15) is 0 Å². The van der Waals surface area contributed by atoms with Crippen molar-refractivity contribution in [2.75, 3.05) is 27.7 Å². The highest BCUT2D eigenvalue weighted by Gasteiger charge is 2.42. The number of halogens is 1. The van der Waals surface area contributed by atoms with E-state index in [0.29, 0.717) is 12.3 Å². The molecule has 0 radical (unpaired) electrons. The third-order valence-electron chi connectivity index (χ3n) is 6.03. The molecule has 28 heavy (non-hydrogen) atoms. The summed E-state index contributed by atoms with van der Waals surface area (Å²) < 4.78 is 18.5. The molecule has 2 aromatic carbocycles. The Kier molecular flexibility index (Phi) is 6.73. The highest BCUT2D eigenvalue weighted by atomic mass is 19.1. The molecule has 3 atom stereocenters. The minimum atomic E-state index is -0.712. The molecular formula is C24H32FNO2. The summed E-state index contributed by atoms with van der Waals surface area (Å²) in [7, 11) is 5.80. The molecule has 3 nitrogen and oxygen atoms in total. The van der Waals surface area contributed by atoms with E-state index in [2.05, 4.69) is 25.1 Å². The summed E-state index contributed by atoms with van der Waals surface area (Å²) in [5, 5.41) is 11.6. The molecule has 1 saturated carbocycles. The molecule has 0 aromatic heterocycles. The number of aliphatic hydroxyl groups is 1. The van der Waals surface area contributed by atoms with Crippen LogP contribution in [0.3, 0.4) is 0 Å². The molecule has 0 heterocycles. The van der Waals surface area contributed by atoms with Crippen molar-refractivity contribution in [1.29, 1.82) is 0 Å². The SMILES string of the molecule is COc1cccc(CC2(O)CCC(Cc3ccc(F)cc3)CC2CN(C)C)c1. The van der Waals surface area contributed by atoms with Gasteiger partial charge in [-0.15, -0.1) is 0 Å². The maximum absolute atomic E-state index is 13.2. The number of methoxy groups -OCH3 is 1. The number of nitrogens with zero attached hydrogens (tertiary/aromatic N) is 1. The largest absolute Gasteiger partial charge is 0.497 e. The molecule has 0 bridgehead atoms. The van der Waals surface area contributed by atoms with Crippen LogP contribution in [0.5, 0.6) is 5.75 Å². The molecule has 0 amide bonds. The van der Waals surface area contributed by atoms with E-state index in [4.69, 9.17) is 4.74 Å². The van der Waals surface area contributed by atoms with E-state index in [1.807, 2.05) is 30.3 Å². The summed E-state index contributed by atoms with van der Waals surface area (Å²) in [6.07, 6.45) is 4.35.